The summed E-state index contributed by atoms with van der Waals surface area (Å²) in [4.78, 5) is 11.3. The van der Waals surface area contributed by atoms with Crippen LogP contribution in [0.4, 0.5) is 0 Å². The number of carbonyl (C=O) groups excluding carboxylic acids is 1. The van der Waals surface area contributed by atoms with Gasteiger partial charge in [-0.05, 0) is 18.2 Å². The average molecular weight is 208 g/mol. The van der Waals surface area contributed by atoms with Crippen LogP contribution < -0.4 is 0 Å². The van der Waals surface area contributed by atoms with Gasteiger partial charge in [0, 0.05) is 15.5 Å². The molecule has 1 N–H and O–H groups in total. The Bertz CT molecular complexity index is 487. The summed E-state index contributed by atoms with van der Waals surface area (Å²) in [5.41, 5.74) is 0.503. The summed E-state index contributed by atoms with van der Waals surface area (Å²) in [6.45, 7) is 0. The largest absolute Gasteiger partial charge is 0.508 e. The van der Waals surface area contributed by atoms with E-state index in [2.05, 4.69) is 4.74 Å². The summed E-state index contributed by atoms with van der Waals surface area (Å²) in [5, 5.41) is 11.7. The van der Waals surface area contributed by atoms with Gasteiger partial charge in [0.1, 0.15) is 5.75 Å². The maximum Gasteiger partial charge on any atom is 0.339 e. The van der Waals surface area contributed by atoms with Crippen molar-refractivity contribution in [2.24, 2.45) is 0 Å². The number of phenolic OH excluding ortho intramolecular Hbond substituents is 1. The first-order valence-corrected chi connectivity index (χ1v) is 4.89. The average Bonchev–Trinajstić information content (AvgIpc) is 2.59. The van der Waals surface area contributed by atoms with Crippen molar-refractivity contribution in [3.63, 3.8) is 0 Å². The van der Waals surface area contributed by atoms with Crippen molar-refractivity contribution >= 4 is 27.4 Å². The predicted octanol–water partition coefficient (Wildman–Crippen LogP) is 2.39. The lowest BCUT2D eigenvalue weighted by molar-refractivity contribution is 0.0603. The number of ether oxygens (including phenoxy) is 1. The predicted molar refractivity (Wildman–Crippen MR) is 54.8 cm³/mol. The highest BCUT2D eigenvalue weighted by molar-refractivity contribution is 7.17. The van der Waals surface area contributed by atoms with Crippen molar-refractivity contribution in [2.45, 2.75) is 0 Å². The molecule has 1 aromatic heterocycles. The summed E-state index contributed by atoms with van der Waals surface area (Å²) in [6.07, 6.45) is 0. The maximum atomic E-state index is 11.3. The summed E-state index contributed by atoms with van der Waals surface area (Å²) >= 11 is 1.45. The molecule has 1 heterocycles. The van der Waals surface area contributed by atoms with Crippen LogP contribution in [0.15, 0.2) is 23.6 Å². The molecule has 0 bridgehead atoms. The molecule has 0 amide bonds. The van der Waals surface area contributed by atoms with Gasteiger partial charge in [-0.2, -0.15) is 0 Å². The second-order valence-corrected chi connectivity index (χ2v) is 3.73. The van der Waals surface area contributed by atoms with E-state index in [1.807, 2.05) is 0 Å². The van der Waals surface area contributed by atoms with Gasteiger partial charge in [-0.1, -0.05) is 0 Å². The van der Waals surface area contributed by atoms with Gasteiger partial charge in [-0.3, -0.25) is 0 Å². The van der Waals surface area contributed by atoms with Crippen LogP contribution in [-0.4, -0.2) is 18.2 Å². The summed E-state index contributed by atoms with van der Waals surface area (Å²) in [6, 6.07) is 4.94. The molecule has 0 unspecified atom stereocenters. The lowest BCUT2D eigenvalue weighted by Crippen LogP contribution is -1.99. The molecule has 3 nitrogen and oxygen atoms in total. The van der Waals surface area contributed by atoms with Crippen molar-refractivity contribution in [1.82, 2.24) is 0 Å². The Balaban J connectivity index is 2.67. The Morgan fingerprint density at radius 3 is 3.00 bits per heavy atom. The molecule has 0 aliphatic heterocycles. The third-order valence-electron chi connectivity index (χ3n) is 1.96. The number of benzene rings is 1. The first-order chi connectivity index (χ1) is 6.72. The molecule has 0 aliphatic carbocycles. The molecule has 0 saturated carbocycles. The van der Waals surface area contributed by atoms with Crippen LogP contribution >= 0.6 is 11.3 Å². The Morgan fingerprint density at radius 1 is 1.50 bits per heavy atom. The zero-order valence-electron chi connectivity index (χ0n) is 7.48. The molecule has 2 aromatic rings. The highest BCUT2D eigenvalue weighted by Gasteiger charge is 2.12. The van der Waals surface area contributed by atoms with E-state index >= 15 is 0 Å². The van der Waals surface area contributed by atoms with Crippen molar-refractivity contribution < 1.29 is 14.6 Å². The van der Waals surface area contributed by atoms with Gasteiger partial charge in [-0.25, -0.2) is 4.79 Å². The third-order valence-corrected chi connectivity index (χ3v) is 2.93. The van der Waals surface area contributed by atoms with Crippen LogP contribution in [0.25, 0.3) is 10.1 Å². The van der Waals surface area contributed by atoms with Gasteiger partial charge in [-0.15, -0.1) is 11.3 Å². The smallest absolute Gasteiger partial charge is 0.339 e. The molecular formula is C10H8O3S. The van der Waals surface area contributed by atoms with Crippen LogP contribution in [0.1, 0.15) is 10.4 Å². The number of esters is 1. The van der Waals surface area contributed by atoms with Crippen molar-refractivity contribution in [2.75, 3.05) is 7.11 Å². The molecule has 0 spiro atoms. The molecule has 0 saturated heterocycles. The molecule has 0 fully saturated rings. The van der Waals surface area contributed by atoms with E-state index in [1.54, 1.807) is 23.6 Å². The number of phenols is 1. The molecule has 72 valence electrons. The molecule has 0 aliphatic rings. The van der Waals surface area contributed by atoms with Crippen molar-refractivity contribution in [1.29, 1.82) is 0 Å². The van der Waals surface area contributed by atoms with Crippen LogP contribution in [0.5, 0.6) is 5.75 Å². The van der Waals surface area contributed by atoms with Gasteiger partial charge in [0.2, 0.25) is 0 Å². The normalized spacial score (nSPS) is 10.4. The lowest BCUT2D eigenvalue weighted by Gasteiger charge is -1.97. The Kier molecular flexibility index (Phi) is 2.13. The zero-order chi connectivity index (χ0) is 10.1. The molecular weight excluding hydrogens is 200 g/mol. The SMILES string of the molecule is COC(=O)c1csc2ccc(O)cc12. The quantitative estimate of drug-likeness (QED) is 0.732. The standard InChI is InChI=1S/C10H8O3S/c1-13-10(12)8-5-14-9-3-2-6(11)4-7(8)9/h2-5,11H,1H3. The van der Waals surface area contributed by atoms with Crippen LogP contribution in [-0.2, 0) is 4.74 Å². The van der Waals surface area contributed by atoms with Gasteiger partial charge in [0.25, 0.3) is 0 Å². The van der Waals surface area contributed by atoms with Crippen LogP contribution in [0, 0.1) is 0 Å². The number of fused-ring (bicyclic) bond motifs is 1. The second-order valence-electron chi connectivity index (χ2n) is 2.82. The minimum Gasteiger partial charge on any atom is -0.508 e. The fourth-order valence-electron chi connectivity index (χ4n) is 1.29. The Hall–Kier alpha value is -1.55. The van der Waals surface area contributed by atoms with E-state index in [0.29, 0.717) is 5.56 Å². The van der Waals surface area contributed by atoms with Crippen LogP contribution in [0.3, 0.4) is 0 Å². The van der Waals surface area contributed by atoms with E-state index in [0.717, 1.165) is 10.1 Å². The zero-order valence-corrected chi connectivity index (χ0v) is 8.30. The van der Waals surface area contributed by atoms with E-state index in [1.165, 1.54) is 18.4 Å². The van der Waals surface area contributed by atoms with Crippen LogP contribution in [0.2, 0.25) is 0 Å². The van der Waals surface area contributed by atoms with Crippen molar-refractivity contribution in [3.05, 3.63) is 29.1 Å². The molecule has 14 heavy (non-hydrogen) atoms. The highest BCUT2D eigenvalue weighted by Crippen LogP contribution is 2.29. The Morgan fingerprint density at radius 2 is 2.29 bits per heavy atom. The minimum absolute atomic E-state index is 0.154. The van der Waals surface area contributed by atoms with Gasteiger partial charge >= 0.3 is 5.97 Å². The highest BCUT2D eigenvalue weighted by atomic mass is 32.1. The minimum atomic E-state index is -0.373. The summed E-state index contributed by atoms with van der Waals surface area (Å²) in [5.74, 6) is -0.220. The van der Waals surface area contributed by atoms with E-state index in [9.17, 15) is 9.90 Å². The van der Waals surface area contributed by atoms with Gasteiger partial charge in [0.15, 0.2) is 0 Å². The first-order valence-electron chi connectivity index (χ1n) is 4.01. The lowest BCUT2D eigenvalue weighted by atomic mass is 10.2. The number of thiophene rings is 1. The fourth-order valence-corrected chi connectivity index (χ4v) is 2.20. The molecule has 4 heteroatoms. The summed E-state index contributed by atoms with van der Waals surface area (Å²) < 4.78 is 5.59. The van der Waals surface area contributed by atoms with Gasteiger partial charge < -0.3 is 9.84 Å². The second kappa shape index (κ2) is 3.31. The number of aromatic hydroxyl groups is 1. The molecule has 0 atom stereocenters. The summed E-state index contributed by atoms with van der Waals surface area (Å²) in [7, 11) is 1.34. The number of carbonyl (C=O) groups is 1. The maximum absolute atomic E-state index is 11.3. The molecule has 2 rings (SSSR count). The Labute approximate surface area is 84.6 Å². The number of rotatable bonds is 1. The number of hydrogen-bond donors (Lipinski definition) is 1. The third kappa shape index (κ3) is 1.33. The topological polar surface area (TPSA) is 46.5 Å². The number of methoxy groups -OCH3 is 1. The number of hydrogen-bond acceptors (Lipinski definition) is 4. The molecule has 0 radical (unpaired) electrons. The molecule has 1 aromatic carbocycles. The first kappa shape index (κ1) is 9.02. The fraction of sp³-hybridized carbons (Fsp3) is 0.100. The monoisotopic (exact) mass is 208 g/mol. The van der Waals surface area contributed by atoms with E-state index in [-0.39, 0.29) is 11.7 Å². The van der Waals surface area contributed by atoms with E-state index in [4.69, 9.17) is 0 Å². The van der Waals surface area contributed by atoms with E-state index < -0.39 is 0 Å². The van der Waals surface area contributed by atoms with Crippen molar-refractivity contribution in [3.8, 4) is 5.75 Å². The van der Waals surface area contributed by atoms with Gasteiger partial charge in [0.05, 0.1) is 12.7 Å².